The van der Waals surface area contributed by atoms with Crippen LogP contribution in [0.5, 0.6) is 0 Å². The van der Waals surface area contributed by atoms with Crippen LogP contribution in [0.25, 0.3) is 0 Å². The number of nitriles is 1. The zero-order valence-electron chi connectivity index (χ0n) is 17.6. The second kappa shape index (κ2) is 9.96. The maximum absolute atomic E-state index is 9.44. The van der Waals surface area contributed by atoms with E-state index in [0.717, 1.165) is 29.7 Å². The molecule has 3 aromatic rings. The molecule has 0 aliphatic rings. The molecule has 0 aliphatic carbocycles. The summed E-state index contributed by atoms with van der Waals surface area (Å²) in [7, 11) is 0. The molecule has 0 aliphatic heterocycles. The number of allylic oxidation sites excluding steroid dienone is 1. The molecule has 1 unspecified atom stereocenters. The lowest BCUT2D eigenvalue weighted by atomic mass is 9.81. The average Bonchev–Trinajstić information content (AvgIpc) is 2.77. The SMILES string of the molecule is C=CCC(C)(C)CNC(c1cccc(C#N)c1)C(c1cccnc1)c1cccnc1. The number of benzene rings is 1. The average molecular weight is 397 g/mol. The van der Waals surface area contributed by atoms with Crippen molar-refractivity contribution in [3.63, 3.8) is 0 Å². The van der Waals surface area contributed by atoms with Crippen LogP contribution in [-0.4, -0.2) is 16.5 Å². The third kappa shape index (κ3) is 5.40. The molecular formula is C26H28N4. The summed E-state index contributed by atoms with van der Waals surface area (Å²) in [6.07, 6.45) is 10.3. The topological polar surface area (TPSA) is 61.6 Å². The molecule has 0 radical (unpaired) electrons. The smallest absolute Gasteiger partial charge is 0.0991 e. The van der Waals surface area contributed by atoms with Crippen molar-refractivity contribution in [2.24, 2.45) is 5.41 Å². The van der Waals surface area contributed by atoms with Gasteiger partial charge in [-0.05, 0) is 52.8 Å². The number of pyridine rings is 2. The molecule has 0 amide bonds. The van der Waals surface area contributed by atoms with Gasteiger partial charge in [-0.25, -0.2) is 0 Å². The molecule has 3 rings (SSSR count). The van der Waals surface area contributed by atoms with E-state index in [2.05, 4.69) is 60.0 Å². The van der Waals surface area contributed by atoms with Gasteiger partial charge in [0.2, 0.25) is 0 Å². The van der Waals surface area contributed by atoms with Gasteiger partial charge in [0, 0.05) is 43.3 Å². The van der Waals surface area contributed by atoms with E-state index in [4.69, 9.17) is 0 Å². The Morgan fingerprint density at radius 3 is 2.20 bits per heavy atom. The monoisotopic (exact) mass is 396 g/mol. The van der Waals surface area contributed by atoms with Crippen LogP contribution in [0.3, 0.4) is 0 Å². The van der Waals surface area contributed by atoms with Crippen molar-refractivity contribution in [2.45, 2.75) is 32.2 Å². The number of aromatic nitrogens is 2. The summed E-state index contributed by atoms with van der Waals surface area (Å²) < 4.78 is 0. The van der Waals surface area contributed by atoms with Gasteiger partial charge in [-0.15, -0.1) is 6.58 Å². The van der Waals surface area contributed by atoms with E-state index in [1.807, 2.05) is 48.8 Å². The quantitative estimate of drug-likeness (QED) is 0.491. The molecule has 0 bridgehead atoms. The number of rotatable bonds is 9. The highest BCUT2D eigenvalue weighted by Crippen LogP contribution is 2.37. The van der Waals surface area contributed by atoms with Crippen molar-refractivity contribution in [3.8, 4) is 6.07 Å². The molecule has 1 N–H and O–H groups in total. The van der Waals surface area contributed by atoms with Gasteiger partial charge >= 0.3 is 0 Å². The predicted octanol–water partition coefficient (Wildman–Crippen LogP) is 5.41. The van der Waals surface area contributed by atoms with Crippen molar-refractivity contribution < 1.29 is 0 Å². The highest BCUT2D eigenvalue weighted by Gasteiger charge is 2.29. The van der Waals surface area contributed by atoms with E-state index >= 15 is 0 Å². The number of hydrogen-bond acceptors (Lipinski definition) is 4. The lowest BCUT2D eigenvalue weighted by Gasteiger charge is -2.33. The Bertz CT molecular complexity index is 951. The van der Waals surface area contributed by atoms with Crippen LogP contribution in [0, 0.1) is 16.7 Å². The number of nitrogens with zero attached hydrogens (tertiary/aromatic N) is 3. The Labute approximate surface area is 179 Å². The van der Waals surface area contributed by atoms with E-state index in [0.29, 0.717) is 5.56 Å². The van der Waals surface area contributed by atoms with Crippen LogP contribution in [0.15, 0.2) is 86.0 Å². The predicted molar refractivity (Wildman–Crippen MR) is 121 cm³/mol. The summed E-state index contributed by atoms with van der Waals surface area (Å²) in [4.78, 5) is 8.73. The summed E-state index contributed by atoms with van der Waals surface area (Å²) in [5.41, 5.74) is 3.99. The summed E-state index contributed by atoms with van der Waals surface area (Å²) in [5, 5.41) is 13.2. The van der Waals surface area contributed by atoms with E-state index in [1.165, 1.54) is 0 Å². The summed E-state index contributed by atoms with van der Waals surface area (Å²) in [6.45, 7) is 9.17. The van der Waals surface area contributed by atoms with Gasteiger partial charge in [0.1, 0.15) is 0 Å². The van der Waals surface area contributed by atoms with Crippen LogP contribution in [0.2, 0.25) is 0 Å². The summed E-state index contributed by atoms with van der Waals surface area (Å²) in [5.74, 6) is 0.000809. The lowest BCUT2D eigenvalue weighted by Crippen LogP contribution is -2.35. The minimum atomic E-state index is -0.0456. The Balaban J connectivity index is 2.09. The molecule has 152 valence electrons. The number of hydrogen-bond donors (Lipinski definition) is 1. The largest absolute Gasteiger partial charge is 0.309 e. The third-order valence-electron chi connectivity index (χ3n) is 5.29. The highest BCUT2D eigenvalue weighted by atomic mass is 14.9. The second-order valence-electron chi connectivity index (χ2n) is 8.30. The molecular weight excluding hydrogens is 368 g/mol. The molecule has 0 spiro atoms. The fourth-order valence-electron chi connectivity index (χ4n) is 3.78. The molecule has 4 heteroatoms. The van der Waals surface area contributed by atoms with Crippen molar-refractivity contribution in [2.75, 3.05) is 6.54 Å². The maximum Gasteiger partial charge on any atom is 0.0991 e. The third-order valence-corrected chi connectivity index (χ3v) is 5.29. The van der Waals surface area contributed by atoms with Crippen molar-refractivity contribution in [1.82, 2.24) is 15.3 Å². The molecule has 0 fully saturated rings. The maximum atomic E-state index is 9.44. The molecule has 1 aromatic carbocycles. The molecule has 0 saturated heterocycles. The molecule has 1 atom stereocenters. The first-order chi connectivity index (χ1) is 14.5. The Morgan fingerprint density at radius 2 is 1.67 bits per heavy atom. The Morgan fingerprint density at radius 1 is 1.03 bits per heavy atom. The molecule has 4 nitrogen and oxygen atoms in total. The Kier molecular flexibility index (Phi) is 7.11. The van der Waals surface area contributed by atoms with Gasteiger partial charge in [-0.1, -0.05) is 44.2 Å². The standard InChI is InChI=1S/C26H28N4/c1-4-12-26(2,3)19-30-25(21-9-5-8-20(15-21)16-27)24(22-10-6-13-28-17-22)23-11-7-14-29-18-23/h4-11,13-15,17-18,24-25,30H,1,12,19H2,2-3H3. The van der Waals surface area contributed by atoms with E-state index < -0.39 is 0 Å². The van der Waals surface area contributed by atoms with Crippen LogP contribution in [0.1, 0.15) is 54.5 Å². The minimum Gasteiger partial charge on any atom is -0.309 e. The van der Waals surface area contributed by atoms with Crippen LogP contribution >= 0.6 is 0 Å². The van der Waals surface area contributed by atoms with Crippen molar-refractivity contribution in [1.29, 1.82) is 5.26 Å². The first-order valence-electron chi connectivity index (χ1n) is 10.2. The van der Waals surface area contributed by atoms with Crippen LogP contribution < -0.4 is 5.32 Å². The second-order valence-corrected chi connectivity index (χ2v) is 8.30. The van der Waals surface area contributed by atoms with Crippen LogP contribution in [-0.2, 0) is 0 Å². The fraction of sp³-hybridized carbons (Fsp3) is 0.269. The summed E-state index contributed by atoms with van der Waals surface area (Å²) in [6, 6.07) is 18.2. The highest BCUT2D eigenvalue weighted by molar-refractivity contribution is 5.39. The van der Waals surface area contributed by atoms with E-state index in [1.54, 1.807) is 12.4 Å². The molecule has 30 heavy (non-hydrogen) atoms. The van der Waals surface area contributed by atoms with Gasteiger partial charge in [-0.3, -0.25) is 9.97 Å². The Hall–Kier alpha value is -3.29. The molecule has 2 aromatic heterocycles. The fourth-order valence-corrected chi connectivity index (χ4v) is 3.78. The van der Waals surface area contributed by atoms with Gasteiger partial charge in [0.05, 0.1) is 11.6 Å². The zero-order valence-corrected chi connectivity index (χ0v) is 17.6. The minimum absolute atomic E-state index is 0.000809. The van der Waals surface area contributed by atoms with Gasteiger partial charge in [-0.2, -0.15) is 5.26 Å². The molecule has 0 saturated carbocycles. The zero-order chi connectivity index (χ0) is 21.4. The van der Waals surface area contributed by atoms with Gasteiger partial charge in [0.15, 0.2) is 0 Å². The first kappa shape index (κ1) is 21.4. The summed E-state index contributed by atoms with van der Waals surface area (Å²) >= 11 is 0. The number of nitrogens with one attached hydrogen (secondary N) is 1. The van der Waals surface area contributed by atoms with Gasteiger partial charge in [0.25, 0.3) is 0 Å². The first-order valence-corrected chi connectivity index (χ1v) is 10.2. The van der Waals surface area contributed by atoms with Crippen molar-refractivity contribution in [3.05, 3.63) is 108 Å². The normalized spacial score (nSPS) is 12.3. The van der Waals surface area contributed by atoms with Crippen LogP contribution in [0.4, 0.5) is 0 Å². The van der Waals surface area contributed by atoms with Crippen molar-refractivity contribution >= 4 is 0 Å². The molecule has 2 heterocycles. The van der Waals surface area contributed by atoms with E-state index in [9.17, 15) is 5.26 Å². The van der Waals surface area contributed by atoms with Gasteiger partial charge < -0.3 is 5.32 Å². The lowest BCUT2D eigenvalue weighted by molar-refractivity contribution is 0.314. The van der Waals surface area contributed by atoms with E-state index in [-0.39, 0.29) is 17.4 Å².